The predicted molar refractivity (Wildman–Crippen MR) is 116 cm³/mol. The van der Waals surface area contributed by atoms with Crippen LogP contribution < -0.4 is 16.7 Å². The van der Waals surface area contributed by atoms with Crippen LogP contribution in [0.1, 0.15) is 11.3 Å². The summed E-state index contributed by atoms with van der Waals surface area (Å²) in [5, 5.41) is 3.90. The van der Waals surface area contributed by atoms with Gasteiger partial charge in [0.2, 0.25) is 11.7 Å². The van der Waals surface area contributed by atoms with Crippen LogP contribution >= 0.6 is 22.9 Å². The number of aromatic nitrogens is 5. The van der Waals surface area contributed by atoms with Gasteiger partial charge in [0.1, 0.15) is 0 Å². The fraction of sp³-hybridized carbons (Fsp3) is 0.211. The molecule has 0 unspecified atom stereocenters. The smallest absolute Gasteiger partial charge is 0.302 e. The highest BCUT2D eigenvalue weighted by Gasteiger charge is 2.33. The number of anilines is 1. The van der Waals surface area contributed by atoms with E-state index in [1.54, 1.807) is 5.38 Å². The second kappa shape index (κ2) is 8.15. The van der Waals surface area contributed by atoms with Gasteiger partial charge in [-0.3, -0.25) is 9.36 Å². The highest BCUT2D eigenvalue weighted by atomic mass is 35.5. The predicted octanol–water partition coefficient (Wildman–Crippen LogP) is 2.71. The average Bonchev–Trinajstić information content (AvgIpc) is 3.37. The molecule has 0 radical (unpaired) electrons. The molecule has 1 amide bonds. The summed E-state index contributed by atoms with van der Waals surface area (Å²) in [5.41, 5.74) is -1.17. The van der Waals surface area contributed by atoms with Gasteiger partial charge in [0.05, 0.1) is 34.6 Å². The van der Waals surface area contributed by atoms with Crippen molar-refractivity contribution in [3.8, 4) is 11.3 Å². The van der Waals surface area contributed by atoms with E-state index in [4.69, 9.17) is 11.6 Å². The number of alkyl halides is 3. The standard InChI is InChI=1S/C19H14ClF3N6O3S/c1-27-16-24-7-10(29(16)18(32)28(2)17(27)31)6-14(30)26-15-25-13(8-33-15)9-3-4-11(12(20)5-9)19(21,22)23/h3-5,7-8H,6H2,1-2H3,(H,25,26,30). The second-order valence-corrected chi connectivity index (χ2v) is 8.29. The minimum absolute atomic E-state index is 0.0987. The molecule has 9 nitrogen and oxygen atoms in total. The van der Waals surface area contributed by atoms with E-state index in [0.717, 1.165) is 28.0 Å². The van der Waals surface area contributed by atoms with Crippen molar-refractivity contribution in [3.63, 3.8) is 0 Å². The van der Waals surface area contributed by atoms with E-state index in [-0.39, 0.29) is 23.0 Å². The molecule has 3 aromatic heterocycles. The average molecular weight is 499 g/mol. The maximum atomic E-state index is 12.9. The third kappa shape index (κ3) is 4.16. The van der Waals surface area contributed by atoms with Gasteiger partial charge in [-0.15, -0.1) is 11.3 Å². The normalized spacial score (nSPS) is 11.8. The van der Waals surface area contributed by atoms with Crippen molar-refractivity contribution in [2.75, 3.05) is 5.32 Å². The number of rotatable bonds is 4. The van der Waals surface area contributed by atoms with E-state index in [2.05, 4.69) is 15.3 Å². The first kappa shape index (κ1) is 22.7. The third-order valence-corrected chi connectivity index (χ3v) is 5.90. The molecular formula is C19H14ClF3N6O3S. The third-order valence-electron chi connectivity index (χ3n) is 4.83. The van der Waals surface area contributed by atoms with Crippen molar-refractivity contribution in [3.05, 3.63) is 67.0 Å². The zero-order valence-electron chi connectivity index (χ0n) is 17.0. The molecule has 0 saturated heterocycles. The molecule has 0 bridgehead atoms. The minimum atomic E-state index is -4.57. The lowest BCUT2D eigenvalue weighted by Crippen LogP contribution is -2.41. The number of amides is 1. The number of nitrogens with zero attached hydrogens (tertiary/aromatic N) is 5. The molecule has 172 valence electrons. The van der Waals surface area contributed by atoms with Gasteiger partial charge in [-0.05, 0) is 12.1 Å². The Morgan fingerprint density at radius 2 is 1.91 bits per heavy atom. The number of fused-ring (bicyclic) bond motifs is 1. The summed E-state index contributed by atoms with van der Waals surface area (Å²) in [5.74, 6) is -0.402. The van der Waals surface area contributed by atoms with E-state index >= 15 is 0 Å². The van der Waals surface area contributed by atoms with E-state index in [9.17, 15) is 27.6 Å². The summed E-state index contributed by atoms with van der Waals surface area (Å²) in [6.45, 7) is 0. The Morgan fingerprint density at radius 1 is 1.18 bits per heavy atom. The van der Waals surface area contributed by atoms with E-state index in [1.807, 2.05) is 0 Å². The molecule has 0 atom stereocenters. The number of thiazole rings is 1. The molecule has 0 aliphatic rings. The van der Waals surface area contributed by atoms with Crippen LogP contribution in [0.25, 0.3) is 17.0 Å². The Labute approximate surface area is 191 Å². The quantitative estimate of drug-likeness (QED) is 0.466. The highest BCUT2D eigenvalue weighted by molar-refractivity contribution is 7.14. The molecular weight excluding hydrogens is 485 g/mol. The summed E-state index contributed by atoms with van der Waals surface area (Å²) < 4.78 is 41.9. The Hall–Kier alpha value is -3.45. The molecule has 0 saturated carbocycles. The molecule has 4 rings (SSSR count). The van der Waals surface area contributed by atoms with Crippen LogP contribution in [0.3, 0.4) is 0 Å². The van der Waals surface area contributed by atoms with Crippen molar-refractivity contribution in [2.24, 2.45) is 14.1 Å². The molecule has 33 heavy (non-hydrogen) atoms. The number of halogens is 4. The van der Waals surface area contributed by atoms with Crippen LogP contribution in [0.5, 0.6) is 0 Å². The topological polar surface area (TPSA) is 103 Å². The van der Waals surface area contributed by atoms with Crippen molar-refractivity contribution in [1.29, 1.82) is 0 Å². The number of carbonyl (C=O) groups excluding carboxylic acids is 1. The number of imidazole rings is 1. The number of hydrogen-bond donors (Lipinski definition) is 1. The van der Waals surface area contributed by atoms with E-state index in [0.29, 0.717) is 11.3 Å². The Balaban J connectivity index is 1.54. The number of hydrogen-bond acceptors (Lipinski definition) is 6. The van der Waals surface area contributed by atoms with Crippen molar-refractivity contribution in [1.82, 2.24) is 23.5 Å². The number of nitrogens with one attached hydrogen (secondary N) is 1. The fourth-order valence-electron chi connectivity index (χ4n) is 3.18. The number of carbonyl (C=O) groups is 1. The lowest BCUT2D eigenvalue weighted by molar-refractivity contribution is -0.137. The summed E-state index contributed by atoms with van der Waals surface area (Å²) in [6.07, 6.45) is -3.47. The van der Waals surface area contributed by atoms with Gasteiger partial charge in [0, 0.05) is 25.0 Å². The van der Waals surface area contributed by atoms with Crippen molar-refractivity contribution >= 4 is 39.8 Å². The van der Waals surface area contributed by atoms with Gasteiger partial charge in [-0.2, -0.15) is 13.2 Å². The minimum Gasteiger partial charge on any atom is -0.302 e. The Morgan fingerprint density at radius 3 is 2.58 bits per heavy atom. The Kier molecular flexibility index (Phi) is 5.62. The van der Waals surface area contributed by atoms with Gasteiger partial charge < -0.3 is 5.32 Å². The van der Waals surface area contributed by atoms with Crippen molar-refractivity contribution < 1.29 is 18.0 Å². The summed E-state index contributed by atoms with van der Waals surface area (Å²) in [7, 11) is 2.77. The molecule has 0 aliphatic carbocycles. The van der Waals surface area contributed by atoms with Crippen LogP contribution in [0.15, 0.2) is 39.4 Å². The lowest BCUT2D eigenvalue weighted by Gasteiger charge is -2.09. The maximum absolute atomic E-state index is 12.9. The van der Waals surface area contributed by atoms with E-state index in [1.165, 1.54) is 35.3 Å². The largest absolute Gasteiger partial charge is 0.417 e. The van der Waals surface area contributed by atoms with Crippen LogP contribution in [0.2, 0.25) is 5.02 Å². The van der Waals surface area contributed by atoms with Gasteiger partial charge in [-0.1, -0.05) is 17.7 Å². The highest BCUT2D eigenvalue weighted by Crippen LogP contribution is 2.37. The van der Waals surface area contributed by atoms with Gasteiger partial charge >= 0.3 is 17.6 Å². The van der Waals surface area contributed by atoms with Crippen LogP contribution in [0, 0.1) is 0 Å². The second-order valence-electron chi connectivity index (χ2n) is 7.02. The molecule has 1 aromatic carbocycles. The number of aryl methyl sites for hydroxylation is 1. The zero-order chi connectivity index (χ0) is 24.1. The molecule has 0 spiro atoms. The molecule has 3 heterocycles. The first-order chi connectivity index (χ1) is 15.5. The van der Waals surface area contributed by atoms with Gasteiger partial charge in [-0.25, -0.2) is 28.5 Å². The molecule has 14 heteroatoms. The monoisotopic (exact) mass is 498 g/mol. The maximum Gasteiger partial charge on any atom is 0.417 e. The molecule has 1 N–H and O–H groups in total. The fourth-order valence-corrected chi connectivity index (χ4v) is 4.21. The first-order valence-electron chi connectivity index (χ1n) is 9.22. The van der Waals surface area contributed by atoms with E-state index < -0.39 is 34.0 Å². The lowest BCUT2D eigenvalue weighted by atomic mass is 10.1. The van der Waals surface area contributed by atoms with Gasteiger partial charge in [0.25, 0.3) is 0 Å². The molecule has 4 aromatic rings. The summed E-state index contributed by atoms with van der Waals surface area (Å²) in [6, 6.07) is 3.27. The van der Waals surface area contributed by atoms with Crippen molar-refractivity contribution in [2.45, 2.75) is 12.6 Å². The Bertz CT molecular complexity index is 1520. The molecule has 0 fully saturated rings. The van der Waals surface area contributed by atoms with Crippen LogP contribution in [-0.2, 0) is 31.5 Å². The first-order valence-corrected chi connectivity index (χ1v) is 10.5. The van der Waals surface area contributed by atoms with Gasteiger partial charge in [0.15, 0.2) is 5.13 Å². The summed E-state index contributed by atoms with van der Waals surface area (Å²) >= 11 is 6.83. The zero-order valence-corrected chi connectivity index (χ0v) is 18.5. The molecule has 0 aliphatic heterocycles. The number of benzene rings is 1. The van der Waals surface area contributed by atoms with Crippen LogP contribution in [0.4, 0.5) is 18.3 Å². The van der Waals surface area contributed by atoms with Crippen LogP contribution in [-0.4, -0.2) is 29.4 Å². The summed E-state index contributed by atoms with van der Waals surface area (Å²) in [4.78, 5) is 45.2. The SMILES string of the molecule is Cn1c(=O)n(C)c2ncc(CC(=O)Nc3nc(-c4ccc(C(F)(F)F)c(Cl)c4)cs3)n2c1=O.